The van der Waals surface area contributed by atoms with E-state index in [2.05, 4.69) is 10.3 Å². The van der Waals surface area contributed by atoms with E-state index in [4.69, 9.17) is 5.73 Å². The van der Waals surface area contributed by atoms with Crippen LogP contribution in [0.25, 0.3) is 0 Å². The van der Waals surface area contributed by atoms with Crippen LogP contribution in [0.2, 0.25) is 0 Å². The van der Waals surface area contributed by atoms with E-state index in [0.717, 1.165) is 5.57 Å². The molecule has 0 unspecified atom stereocenters. The highest BCUT2D eigenvalue weighted by molar-refractivity contribution is 5.89. The van der Waals surface area contributed by atoms with Crippen molar-refractivity contribution in [2.45, 2.75) is 26.9 Å². The molecule has 0 radical (unpaired) electrons. The number of hydrogen-bond acceptors (Lipinski definition) is 4. The van der Waals surface area contributed by atoms with E-state index < -0.39 is 0 Å². The molecule has 0 saturated heterocycles. The first-order valence-corrected chi connectivity index (χ1v) is 4.38. The van der Waals surface area contributed by atoms with Crippen LogP contribution in [0.1, 0.15) is 19.5 Å². The van der Waals surface area contributed by atoms with Crippen molar-refractivity contribution in [2.24, 2.45) is 5.73 Å². The standard InChI is InChI=1S/C9H14N4O/c1-7(2)3-9(14)6-13-5-8(4-10)11-12-13/h3,5H,4,6,10H2,1-2H3. The van der Waals surface area contributed by atoms with E-state index in [-0.39, 0.29) is 12.3 Å². The lowest BCUT2D eigenvalue weighted by atomic mass is 10.2. The molecule has 1 heterocycles. The van der Waals surface area contributed by atoms with Crippen LogP contribution in [0.15, 0.2) is 17.8 Å². The summed E-state index contributed by atoms with van der Waals surface area (Å²) in [6.07, 6.45) is 3.26. The molecule has 0 aliphatic rings. The van der Waals surface area contributed by atoms with Crippen LogP contribution >= 0.6 is 0 Å². The molecule has 0 aliphatic heterocycles. The lowest BCUT2D eigenvalue weighted by molar-refractivity contribution is -0.115. The highest BCUT2D eigenvalue weighted by atomic mass is 16.1. The van der Waals surface area contributed by atoms with Crippen molar-refractivity contribution < 1.29 is 4.79 Å². The summed E-state index contributed by atoms with van der Waals surface area (Å²) >= 11 is 0. The zero-order chi connectivity index (χ0) is 10.6. The van der Waals surface area contributed by atoms with Crippen molar-refractivity contribution in [3.05, 3.63) is 23.5 Å². The van der Waals surface area contributed by atoms with Gasteiger partial charge in [-0.1, -0.05) is 10.8 Å². The molecule has 0 bridgehead atoms. The summed E-state index contributed by atoms with van der Waals surface area (Å²) in [7, 11) is 0. The van der Waals surface area contributed by atoms with Gasteiger partial charge in [0, 0.05) is 6.54 Å². The maximum atomic E-state index is 11.3. The zero-order valence-electron chi connectivity index (χ0n) is 8.40. The second-order valence-corrected chi connectivity index (χ2v) is 3.30. The van der Waals surface area contributed by atoms with Gasteiger partial charge in [-0.2, -0.15) is 0 Å². The molecule has 0 saturated carbocycles. The molecule has 1 rings (SSSR count). The van der Waals surface area contributed by atoms with Crippen molar-refractivity contribution >= 4 is 5.78 Å². The molecule has 0 amide bonds. The molecule has 0 aliphatic carbocycles. The Bertz CT molecular complexity index is 349. The Morgan fingerprint density at radius 1 is 1.64 bits per heavy atom. The van der Waals surface area contributed by atoms with Gasteiger partial charge >= 0.3 is 0 Å². The summed E-state index contributed by atoms with van der Waals surface area (Å²) in [6, 6.07) is 0. The van der Waals surface area contributed by atoms with E-state index in [1.807, 2.05) is 13.8 Å². The summed E-state index contributed by atoms with van der Waals surface area (Å²) in [5, 5.41) is 7.55. The number of allylic oxidation sites excluding steroid dienone is 2. The molecule has 0 aromatic carbocycles. The van der Waals surface area contributed by atoms with Crippen LogP contribution in [-0.2, 0) is 17.9 Å². The summed E-state index contributed by atoms with van der Waals surface area (Å²) in [6.45, 7) is 4.32. The van der Waals surface area contributed by atoms with Gasteiger partial charge < -0.3 is 5.73 Å². The first-order valence-electron chi connectivity index (χ1n) is 4.38. The lowest BCUT2D eigenvalue weighted by Gasteiger charge is -1.95. The smallest absolute Gasteiger partial charge is 0.177 e. The number of aromatic nitrogens is 3. The normalized spacial score (nSPS) is 9.93. The first kappa shape index (κ1) is 10.6. The van der Waals surface area contributed by atoms with E-state index in [1.165, 1.54) is 4.68 Å². The fourth-order valence-corrected chi connectivity index (χ4v) is 1.04. The van der Waals surface area contributed by atoms with Gasteiger partial charge in [0.25, 0.3) is 0 Å². The first-order chi connectivity index (χ1) is 6.61. The number of rotatable bonds is 4. The number of nitrogens with two attached hydrogens (primary N) is 1. The van der Waals surface area contributed by atoms with Gasteiger partial charge in [-0.3, -0.25) is 4.79 Å². The van der Waals surface area contributed by atoms with Crippen LogP contribution < -0.4 is 5.73 Å². The van der Waals surface area contributed by atoms with Gasteiger partial charge in [0.2, 0.25) is 0 Å². The Balaban J connectivity index is 2.60. The summed E-state index contributed by atoms with van der Waals surface area (Å²) in [5.74, 6) is 0.0125. The zero-order valence-corrected chi connectivity index (χ0v) is 8.40. The Hall–Kier alpha value is -1.49. The molecular formula is C9H14N4O. The number of nitrogens with zero attached hydrogens (tertiary/aromatic N) is 3. The number of carbonyl (C=O) groups is 1. The monoisotopic (exact) mass is 194 g/mol. The maximum Gasteiger partial charge on any atom is 0.177 e. The van der Waals surface area contributed by atoms with Gasteiger partial charge in [-0.05, 0) is 19.9 Å². The van der Waals surface area contributed by atoms with Gasteiger partial charge in [0.15, 0.2) is 5.78 Å². The Kier molecular flexibility index (Phi) is 3.53. The van der Waals surface area contributed by atoms with Crippen LogP contribution in [0.4, 0.5) is 0 Å². The van der Waals surface area contributed by atoms with Gasteiger partial charge in [-0.15, -0.1) is 5.10 Å². The SMILES string of the molecule is CC(C)=CC(=O)Cn1cc(CN)nn1. The quantitative estimate of drug-likeness (QED) is 0.698. The van der Waals surface area contributed by atoms with Gasteiger partial charge in [0.1, 0.15) is 6.54 Å². The summed E-state index contributed by atoms with van der Waals surface area (Å²) in [5.41, 5.74) is 7.03. The topological polar surface area (TPSA) is 73.8 Å². The molecule has 0 spiro atoms. The molecule has 1 aromatic heterocycles. The van der Waals surface area contributed by atoms with E-state index in [1.54, 1.807) is 12.3 Å². The molecule has 0 fully saturated rings. The average Bonchev–Trinajstić information content (AvgIpc) is 2.50. The third-order valence-corrected chi connectivity index (χ3v) is 1.56. The molecular weight excluding hydrogens is 180 g/mol. The van der Waals surface area contributed by atoms with Crippen LogP contribution in [0, 0.1) is 0 Å². The maximum absolute atomic E-state index is 11.3. The van der Waals surface area contributed by atoms with Crippen molar-refractivity contribution in [2.75, 3.05) is 0 Å². The van der Waals surface area contributed by atoms with Crippen LogP contribution in [-0.4, -0.2) is 20.8 Å². The third kappa shape index (κ3) is 3.10. The molecule has 76 valence electrons. The predicted octanol–water partition coefficient (Wildman–Crippen LogP) is 0.272. The largest absolute Gasteiger partial charge is 0.325 e. The van der Waals surface area contributed by atoms with E-state index >= 15 is 0 Å². The fraction of sp³-hybridized carbons (Fsp3) is 0.444. The summed E-state index contributed by atoms with van der Waals surface area (Å²) < 4.78 is 1.49. The number of ketones is 1. The minimum absolute atomic E-state index is 0.0125. The molecule has 5 heteroatoms. The average molecular weight is 194 g/mol. The molecule has 14 heavy (non-hydrogen) atoms. The minimum atomic E-state index is 0.0125. The molecule has 1 aromatic rings. The Morgan fingerprint density at radius 2 is 2.36 bits per heavy atom. The lowest BCUT2D eigenvalue weighted by Crippen LogP contribution is -2.08. The van der Waals surface area contributed by atoms with Crippen molar-refractivity contribution in [1.29, 1.82) is 0 Å². The van der Waals surface area contributed by atoms with E-state index in [0.29, 0.717) is 12.2 Å². The second-order valence-electron chi connectivity index (χ2n) is 3.30. The van der Waals surface area contributed by atoms with Crippen LogP contribution in [0.3, 0.4) is 0 Å². The number of hydrogen-bond donors (Lipinski definition) is 1. The Morgan fingerprint density at radius 3 is 2.86 bits per heavy atom. The number of carbonyl (C=O) groups excluding carboxylic acids is 1. The molecule has 5 nitrogen and oxygen atoms in total. The molecule has 2 N–H and O–H groups in total. The highest BCUT2D eigenvalue weighted by Gasteiger charge is 2.02. The predicted molar refractivity (Wildman–Crippen MR) is 52.4 cm³/mol. The van der Waals surface area contributed by atoms with E-state index in [9.17, 15) is 4.79 Å². The van der Waals surface area contributed by atoms with Gasteiger partial charge in [-0.25, -0.2) is 4.68 Å². The van der Waals surface area contributed by atoms with Crippen molar-refractivity contribution in [1.82, 2.24) is 15.0 Å². The third-order valence-electron chi connectivity index (χ3n) is 1.56. The Labute approximate surface area is 82.6 Å². The minimum Gasteiger partial charge on any atom is -0.325 e. The highest BCUT2D eigenvalue weighted by Crippen LogP contribution is 1.94. The fourth-order valence-electron chi connectivity index (χ4n) is 1.04. The van der Waals surface area contributed by atoms with Crippen LogP contribution in [0.5, 0.6) is 0 Å². The van der Waals surface area contributed by atoms with Gasteiger partial charge in [0.05, 0.1) is 11.9 Å². The molecule has 0 atom stereocenters. The second kappa shape index (κ2) is 4.66. The van der Waals surface area contributed by atoms with Crippen molar-refractivity contribution in [3.63, 3.8) is 0 Å². The summed E-state index contributed by atoms with van der Waals surface area (Å²) in [4.78, 5) is 11.3. The van der Waals surface area contributed by atoms with Crippen molar-refractivity contribution in [3.8, 4) is 0 Å².